The second-order valence-corrected chi connectivity index (χ2v) is 8.93. The fourth-order valence-corrected chi connectivity index (χ4v) is 4.17. The van der Waals surface area contributed by atoms with E-state index in [9.17, 15) is 8.42 Å². The number of ether oxygens (including phenoxy) is 1. The number of hydrogen-bond donors (Lipinski definition) is 0. The van der Waals surface area contributed by atoms with Crippen molar-refractivity contribution in [2.45, 2.75) is 37.0 Å². The molecule has 0 spiro atoms. The largest absolute Gasteiger partial charge is 0.495 e. The van der Waals surface area contributed by atoms with Crippen molar-refractivity contribution in [2.75, 3.05) is 7.11 Å². The number of nitrogens with zero attached hydrogens (tertiary/aromatic N) is 4. The Morgan fingerprint density at radius 3 is 2.67 bits per heavy atom. The van der Waals surface area contributed by atoms with Crippen molar-refractivity contribution in [1.29, 1.82) is 0 Å². The van der Waals surface area contributed by atoms with Crippen molar-refractivity contribution >= 4 is 15.5 Å². The Hall–Kier alpha value is -2.35. The van der Waals surface area contributed by atoms with Gasteiger partial charge in [0.25, 0.3) is 0 Å². The Labute approximate surface area is 140 Å². The van der Waals surface area contributed by atoms with Gasteiger partial charge in [-0.2, -0.15) is 5.10 Å². The summed E-state index contributed by atoms with van der Waals surface area (Å²) in [5, 5.41) is 4.20. The van der Waals surface area contributed by atoms with E-state index in [-0.39, 0.29) is 11.4 Å². The molecule has 3 aromatic rings. The summed E-state index contributed by atoms with van der Waals surface area (Å²) in [6, 6.07) is 1.63. The van der Waals surface area contributed by atoms with E-state index in [1.807, 2.05) is 13.1 Å². The molecule has 0 unspecified atom stereocenters. The zero-order valence-corrected chi connectivity index (χ0v) is 14.9. The standard InChI is InChI=1S/C16H20N4O3S/c1-12-8-18-20(9-12)11-16(2,3)24(21,22)14-10-19-6-5-17-15(19)7-13(14)23-4/h5-10H,11H2,1-4H3. The summed E-state index contributed by atoms with van der Waals surface area (Å²) in [4.78, 5) is 4.30. The van der Waals surface area contributed by atoms with Crippen LogP contribution < -0.4 is 4.74 Å². The van der Waals surface area contributed by atoms with Gasteiger partial charge in [0.15, 0.2) is 9.84 Å². The molecule has 0 amide bonds. The van der Waals surface area contributed by atoms with Gasteiger partial charge in [-0.25, -0.2) is 13.4 Å². The van der Waals surface area contributed by atoms with E-state index >= 15 is 0 Å². The normalized spacial score (nSPS) is 12.7. The Bertz CT molecular complexity index is 986. The van der Waals surface area contributed by atoms with Crippen LogP contribution in [-0.2, 0) is 16.4 Å². The lowest BCUT2D eigenvalue weighted by molar-refractivity contribution is 0.399. The van der Waals surface area contributed by atoms with Crippen molar-refractivity contribution in [3.05, 3.63) is 42.6 Å². The van der Waals surface area contributed by atoms with Gasteiger partial charge in [0, 0.05) is 30.9 Å². The number of methoxy groups -OCH3 is 1. The number of fused-ring (bicyclic) bond motifs is 1. The third kappa shape index (κ3) is 2.66. The van der Waals surface area contributed by atoms with Gasteiger partial charge in [-0.3, -0.25) is 4.68 Å². The van der Waals surface area contributed by atoms with Crippen LogP contribution in [0.25, 0.3) is 5.65 Å². The van der Waals surface area contributed by atoms with Gasteiger partial charge < -0.3 is 9.14 Å². The topological polar surface area (TPSA) is 78.5 Å². The van der Waals surface area contributed by atoms with Crippen molar-refractivity contribution < 1.29 is 13.2 Å². The van der Waals surface area contributed by atoms with E-state index < -0.39 is 14.6 Å². The molecule has 3 rings (SSSR count). The van der Waals surface area contributed by atoms with Crippen LogP contribution in [0.2, 0.25) is 0 Å². The van der Waals surface area contributed by atoms with Gasteiger partial charge in [0.05, 0.1) is 24.6 Å². The Morgan fingerprint density at radius 2 is 2.04 bits per heavy atom. The number of pyridine rings is 1. The first-order valence-electron chi connectivity index (χ1n) is 7.49. The molecule has 0 atom stereocenters. The second kappa shape index (κ2) is 5.62. The van der Waals surface area contributed by atoms with Gasteiger partial charge in [0.2, 0.25) is 0 Å². The van der Waals surface area contributed by atoms with Crippen LogP contribution in [0, 0.1) is 6.92 Å². The van der Waals surface area contributed by atoms with Crippen LogP contribution in [0.3, 0.4) is 0 Å². The predicted molar refractivity (Wildman–Crippen MR) is 90.0 cm³/mol. The van der Waals surface area contributed by atoms with Crippen LogP contribution in [0.5, 0.6) is 5.75 Å². The molecular formula is C16H20N4O3S. The molecule has 24 heavy (non-hydrogen) atoms. The maximum absolute atomic E-state index is 13.3. The Balaban J connectivity index is 2.08. The summed E-state index contributed by atoms with van der Waals surface area (Å²) >= 11 is 0. The molecule has 0 saturated heterocycles. The average Bonchev–Trinajstić information content (AvgIpc) is 3.13. The molecule has 0 N–H and O–H groups in total. The summed E-state index contributed by atoms with van der Waals surface area (Å²) < 4.78 is 34.1. The molecule has 0 radical (unpaired) electrons. The fraction of sp³-hybridized carbons (Fsp3) is 0.375. The highest BCUT2D eigenvalue weighted by atomic mass is 32.2. The van der Waals surface area contributed by atoms with Crippen molar-refractivity contribution in [2.24, 2.45) is 0 Å². The highest BCUT2D eigenvalue weighted by Gasteiger charge is 2.39. The van der Waals surface area contributed by atoms with Gasteiger partial charge in [0.1, 0.15) is 16.3 Å². The van der Waals surface area contributed by atoms with Crippen molar-refractivity contribution in [1.82, 2.24) is 19.2 Å². The quantitative estimate of drug-likeness (QED) is 0.705. The van der Waals surface area contributed by atoms with E-state index in [1.165, 1.54) is 7.11 Å². The van der Waals surface area contributed by atoms with Crippen molar-refractivity contribution in [3.8, 4) is 5.75 Å². The molecule has 7 nitrogen and oxygen atoms in total. The monoisotopic (exact) mass is 348 g/mol. The molecule has 0 aliphatic rings. The third-order valence-electron chi connectivity index (χ3n) is 4.00. The van der Waals surface area contributed by atoms with Gasteiger partial charge in [-0.15, -0.1) is 0 Å². The molecule has 0 bridgehead atoms. The highest BCUT2D eigenvalue weighted by Crippen LogP contribution is 2.33. The minimum atomic E-state index is -3.67. The summed E-state index contributed by atoms with van der Waals surface area (Å²) in [7, 11) is -2.22. The van der Waals surface area contributed by atoms with Crippen LogP contribution in [0.1, 0.15) is 19.4 Å². The third-order valence-corrected chi connectivity index (χ3v) is 6.47. The smallest absolute Gasteiger partial charge is 0.190 e. The predicted octanol–water partition coefficient (Wildman–Crippen LogP) is 2.10. The number of sulfone groups is 1. The minimum Gasteiger partial charge on any atom is -0.495 e. The lowest BCUT2D eigenvalue weighted by Gasteiger charge is -2.25. The summed E-state index contributed by atoms with van der Waals surface area (Å²) in [5.41, 5.74) is 1.62. The Kier molecular flexibility index (Phi) is 3.87. The van der Waals surface area contributed by atoms with Crippen LogP contribution in [-0.4, -0.2) is 39.4 Å². The molecule has 8 heteroatoms. The van der Waals surface area contributed by atoms with E-state index in [1.54, 1.807) is 53.8 Å². The lowest BCUT2D eigenvalue weighted by atomic mass is 10.2. The molecule has 3 heterocycles. The maximum Gasteiger partial charge on any atom is 0.190 e. The number of rotatable bonds is 5. The van der Waals surface area contributed by atoms with Gasteiger partial charge in [-0.05, 0) is 26.3 Å². The first-order valence-corrected chi connectivity index (χ1v) is 8.97. The fourth-order valence-electron chi connectivity index (χ4n) is 2.61. The van der Waals surface area contributed by atoms with E-state index in [0.29, 0.717) is 11.4 Å². The van der Waals surface area contributed by atoms with Crippen LogP contribution >= 0.6 is 0 Å². The van der Waals surface area contributed by atoms with Gasteiger partial charge in [-0.1, -0.05) is 0 Å². The van der Waals surface area contributed by atoms with Crippen LogP contribution in [0.15, 0.2) is 41.9 Å². The first kappa shape index (κ1) is 16.5. The number of aromatic nitrogens is 4. The van der Waals surface area contributed by atoms with E-state index in [2.05, 4.69) is 10.1 Å². The maximum atomic E-state index is 13.3. The SMILES string of the molecule is COc1cc2nccn2cc1S(=O)(=O)C(C)(C)Cn1cc(C)cn1. The van der Waals surface area contributed by atoms with Crippen molar-refractivity contribution in [3.63, 3.8) is 0 Å². The van der Waals surface area contributed by atoms with Gasteiger partial charge >= 0.3 is 0 Å². The number of imidazole rings is 1. The average molecular weight is 348 g/mol. The minimum absolute atomic E-state index is 0.143. The Morgan fingerprint density at radius 1 is 1.29 bits per heavy atom. The first-order chi connectivity index (χ1) is 11.2. The molecule has 0 aliphatic heterocycles. The van der Waals surface area contributed by atoms with Crippen LogP contribution in [0.4, 0.5) is 0 Å². The molecular weight excluding hydrogens is 328 g/mol. The van der Waals surface area contributed by atoms with E-state index in [4.69, 9.17) is 4.74 Å². The van der Waals surface area contributed by atoms with E-state index in [0.717, 1.165) is 5.56 Å². The summed E-state index contributed by atoms with van der Waals surface area (Å²) in [5.74, 6) is 0.290. The summed E-state index contributed by atoms with van der Waals surface area (Å²) in [6.07, 6.45) is 8.40. The molecule has 0 aliphatic carbocycles. The molecule has 3 aromatic heterocycles. The number of aryl methyl sites for hydroxylation is 1. The lowest BCUT2D eigenvalue weighted by Crippen LogP contribution is -2.37. The zero-order valence-electron chi connectivity index (χ0n) is 14.1. The molecule has 128 valence electrons. The second-order valence-electron chi connectivity index (χ2n) is 6.38. The molecule has 0 saturated carbocycles. The number of hydrogen-bond acceptors (Lipinski definition) is 5. The molecule has 0 aromatic carbocycles. The summed E-state index contributed by atoms with van der Waals surface area (Å²) in [6.45, 7) is 5.54. The highest BCUT2D eigenvalue weighted by molar-refractivity contribution is 7.92. The zero-order chi connectivity index (χ0) is 17.5. The molecule has 0 fully saturated rings.